The van der Waals surface area contributed by atoms with Gasteiger partial charge >= 0.3 is 0 Å². The highest BCUT2D eigenvalue weighted by molar-refractivity contribution is 5.02. The number of aryl methyl sites for hydroxylation is 1. The lowest BCUT2D eigenvalue weighted by atomic mass is 10.1. The molecule has 0 atom stereocenters. The minimum absolute atomic E-state index is 0.931. The van der Waals surface area contributed by atoms with Gasteiger partial charge in [0.25, 0.3) is 0 Å². The average molecular weight is 180 g/mol. The second-order valence-electron chi connectivity index (χ2n) is 3.77. The van der Waals surface area contributed by atoms with Gasteiger partial charge in [-0.2, -0.15) is 0 Å². The van der Waals surface area contributed by atoms with Gasteiger partial charge in [0.1, 0.15) is 0 Å². The number of hydrogen-bond donors (Lipinski definition) is 0. The third-order valence-corrected chi connectivity index (χ3v) is 2.50. The highest BCUT2D eigenvalue weighted by atomic mass is 16.5. The van der Waals surface area contributed by atoms with Crippen molar-refractivity contribution in [3.05, 3.63) is 17.5 Å². The van der Waals surface area contributed by atoms with Gasteiger partial charge in [0, 0.05) is 6.07 Å². The first-order chi connectivity index (χ1) is 6.34. The van der Waals surface area contributed by atoms with Crippen LogP contribution in [0.5, 0.6) is 0 Å². The molecule has 3 nitrogen and oxygen atoms in total. The van der Waals surface area contributed by atoms with Gasteiger partial charge in [-0.3, -0.25) is 4.90 Å². The van der Waals surface area contributed by atoms with Crippen molar-refractivity contribution < 1.29 is 4.52 Å². The van der Waals surface area contributed by atoms with Gasteiger partial charge in [0.05, 0.1) is 12.2 Å². The summed E-state index contributed by atoms with van der Waals surface area (Å²) in [5.41, 5.74) is 0.979. The Labute approximate surface area is 78.7 Å². The second kappa shape index (κ2) is 3.92. The molecule has 1 aromatic rings. The van der Waals surface area contributed by atoms with E-state index >= 15 is 0 Å². The fraction of sp³-hybridized carbons (Fsp3) is 0.700. The first-order valence-electron chi connectivity index (χ1n) is 4.99. The van der Waals surface area contributed by atoms with E-state index in [1.165, 1.54) is 32.4 Å². The van der Waals surface area contributed by atoms with Crippen LogP contribution in [0, 0.1) is 6.92 Å². The molecular formula is C10H16N2O. The summed E-state index contributed by atoms with van der Waals surface area (Å²) in [5.74, 6) is 0.999. The Hall–Kier alpha value is -0.830. The summed E-state index contributed by atoms with van der Waals surface area (Å²) in [5, 5.41) is 3.88. The number of likely N-dealkylation sites (tertiary alicyclic amines) is 1. The average Bonchev–Trinajstić information content (AvgIpc) is 2.53. The molecular weight excluding hydrogens is 164 g/mol. The first-order valence-corrected chi connectivity index (χ1v) is 4.99. The number of piperidine rings is 1. The molecule has 1 aliphatic rings. The molecule has 1 aliphatic heterocycles. The quantitative estimate of drug-likeness (QED) is 0.696. The van der Waals surface area contributed by atoms with Gasteiger partial charge in [-0.15, -0.1) is 0 Å². The number of rotatable bonds is 2. The fourth-order valence-corrected chi connectivity index (χ4v) is 1.83. The normalized spacial score (nSPS) is 19.2. The van der Waals surface area contributed by atoms with Crippen molar-refractivity contribution >= 4 is 0 Å². The molecule has 0 N–H and O–H groups in total. The Balaban J connectivity index is 1.89. The van der Waals surface area contributed by atoms with Gasteiger partial charge in [-0.1, -0.05) is 11.6 Å². The standard InChI is InChI=1S/C10H16N2O/c1-9-7-10(13-11-9)8-12-5-3-2-4-6-12/h7H,2-6,8H2,1H3. The van der Waals surface area contributed by atoms with Crippen molar-refractivity contribution in [2.75, 3.05) is 13.1 Å². The first kappa shape index (κ1) is 8.75. The third kappa shape index (κ3) is 2.31. The van der Waals surface area contributed by atoms with Crippen LogP contribution in [0.1, 0.15) is 30.7 Å². The largest absolute Gasteiger partial charge is 0.360 e. The maximum atomic E-state index is 5.18. The van der Waals surface area contributed by atoms with Crippen molar-refractivity contribution in [1.82, 2.24) is 10.1 Å². The molecule has 1 aromatic heterocycles. The van der Waals surface area contributed by atoms with Gasteiger partial charge in [-0.25, -0.2) is 0 Å². The van der Waals surface area contributed by atoms with Crippen molar-refractivity contribution in [2.45, 2.75) is 32.7 Å². The maximum Gasteiger partial charge on any atom is 0.150 e. The van der Waals surface area contributed by atoms with Crippen LogP contribution in [0.2, 0.25) is 0 Å². The summed E-state index contributed by atoms with van der Waals surface area (Å²) in [7, 11) is 0. The van der Waals surface area contributed by atoms with E-state index in [0.717, 1.165) is 18.0 Å². The van der Waals surface area contributed by atoms with E-state index in [1.54, 1.807) is 0 Å². The Morgan fingerprint density at radius 2 is 2.15 bits per heavy atom. The number of nitrogens with zero attached hydrogens (tertiary/aromatic N) is 2. The summed E-state index contributed by atoms with van der Waals surface area (Å²) in [4.78, 5) is 2.43. The third-order valence-electron chi connectivity index (χ3n) is 2.50. The van der Waals surface area contributed by atoms with E-state index in [1.807, 2.05) is 13.0 Å². The van der Waals surface area contributed by atoms with Gasteiger partial charge < -0.3 is 4.52 Å². The molecule has 0 saturated carbocycles. The van der Waals surface area contributed by atoms with Crippen LogP contribution in [-0.4, -0.2) is 23.1 Å². The molecule has 0 aromatic carbocycles. The molecule has 0 bridgehead atoms. The Bertz CT molecular complexity index is 264. The van der Waals surface area contributed by atoms with Crippen LogP contribution in [0.15, 0.2) is 10.6 Å². The zero-order valence-corrected chi connectivity index (χ0v) is 8.12. The Morgan fingerprint density at radius 1 is 1.38 bits per heavy atom. The van der Waals surface area contributed by atoms with Crippen molar-refractivity contribution in [3.63, 3.8) is 0 Å². The number of hydrogen-bond acceptors (Lipinski definition) is 3. The highest BCUT2D eigenvalue weighted by Gasteiger charge is 2.12. The summed E-state index contributed by atoms with van der Waals surface area (Å²) in [6.45, 7) is 5.31. The van der Waals surface area contributed by atoms with Crippen LogP contribution in [0.3, 0.4) is 0 Å². The monoisotopic (exact) mass is 180 g/mol. The molecule has 0 aliphatic carbocycles. The van der Waals surface area contributed by atoms with Gasteiger partial charge in [0.15, 0.2) is 5.76 Å². The van der Waals surface area contributed by atoms with Crippen molar-refractivity contribution in [1.29, 1.82) is 0 Å². The SMILES string of the molecule is Cc1cc(CN2CCCCC2)on1. The molecule has 72 valence electrons. The molecule has 1 saturated heterocycles. The second-order valence-corrected chi connectivity index (χ2v) is 3.77. The van der Waals surface area contributed by atoms with E-state index in [0.29, 0.717) is 0 Å². The summed E-state index contributed by atoms with van der Waals surface area (Å²) in [6, 6.07) is 2.02. The minimum Gasteiger partial charge on any atom is -0.360 e. The van der Waals surface area contributed by atoms with Crippen LogP contribution >= 0.6 is 0 Å². The van der Waals surface area contributed by atoms with Crippen LogP contribution in [0.4, 0.5) is 0 Å². The van der Waals surface area contributed by atoms with E-state index in [9.17, 15) is 0 Å². The van der Waals surface area contributed by atoms with Crippen LogP contribution in [-0.2, 0) is 6.54 Å². The predicted molar refractivity (Wildman–Crippen MR) is 50.4 cm³/mol. The molecule has 2 rings (SSSR count). The Kier molecular flexibility index (Phi) is 2.64. The lowest BCUT2D eigenvalue weighted by molar-refractivity contribution is 0.197. The highest BCUT2D eigenvalue weighted by Crippen LogP contribution is 2.13. The molecule has 0 spiro atoms. The van der Waals surface area contributed by atoms with E-state index < -0.39 is 0 Å². The zero-order chi connectivity index (χ0) is 9.10. The van der Waals surface area contributed by atoms with Crippen LogP contribution < -0.4 is 0 Å². The summed E-state index contributed by atoms with van der Waals surface area (Å²) < 4.78 is 5.18. The molecule has 1 fully saturated rings. The van der Waals surface area contributed by atoms with Gasteiger partial charge in [-0.05, 0) is 32.9 Å². The maximum absolute atomic E-state index is 5.18. The molecule has 0 radical (unpaired) electrons. The zero-order valence-electron chi connectivity index (χ0n) is 8.12. The molecule has 0 amide bonds. The topological polar surface area (TPSA) is 29.3 Å². The van der Waals surface area contributed by atoms with Crippen LogP contribution in [0.25, 0.3) is 0 Å². The summed E-state index contributed by atoms with van der Waals surface area (Å²) in [6.07, 6.45) is 4.03. The molecule has 0 unspecified atom stereocenters. The smallest absolute Gasteiger partial charge is 0.150 e. The van der Waals surface area contributed by atoms with Gasteiger partial charge in [0.2, 0.25) is 0 Å². The lowest BCUT2D eigenvalue weighted by Crippen LogP contribution is -2.28. The lowest BCUT2D eigenvalue weighted by Gasteiger charge is -2.24. The van der Waals surface area contributed by atoms with E-state index in [4.69, 9.17) is 4.52 Å². The van der Waals surface area contributed by atoms with E-state index in [2.05, 4.69) is 10.1 Å². The van der Waals surface area contributed by atoms with Crippen molar-refractivity contribution in [3.8, 4) is 0 Å². The Morgan fingerprint density at radius 3 is 2.77 bits per heavy atom. The molecule has 13 heavy (non-hydrogen) atoms. The minimum atomic E-state index is 0.931. The summed E-state index contributed by atoms with van der Waals surface area (Å²) >= 11 is 0. The molecule has 3 heteroatoms. The van der Waals surface area contributed by atoms with Crippen molar-refractivity contribution in [2.24, 2.45) is 0 Å². The fourth-order valence-electron chi connectivity index (χ4n) is 1.83. The predicted octanol–water partition coefficient (Wildman–Crippen LogP) is 1.97. The molecule has 2 heterocycles. The number of aromatic nitrogens is 1. The van der Waals surface area contributed by atoms with E-state index in [-0.39, 0.29) is 0 Å².